The first-order chi connectivity index (χ1) is 31.8. The third-order valence-corrected chi connectivity index (χ3v) is 12.8. The molecule has 0 fully saturated rings. The Morgan fingerprint density at radius 1 is 0.281 bits per heavy atom. The molecule has 2 heteroatoms. The molecule has 0 unspecified atom stereocenters. The molecule has 0 aliphatic carbocycles. The predicted octanol–water partition coefficient (Wildman–Crippen LogP) is 17.2. The van der Waals surface area contributed by atoms with Crippen LogP contribution in [0.4, 0.5) is 17.1 Å². The molecule has 0 N–H and O–H groups in total. The lowest BCUT2D eigenvalue weighted by Crippen LogP contribution is -2.12. The quantitative estimate of drug-likeness (QED) is 0.139. The summed E-state index contributed by atoms with van der Waals surface area (Å²) in [5.41, 5.74) is 16.2. The molecular weight excluding hydrogens is 773 g/mol. The molecule has 12 aromatic rings. The van der Waals surface area contributed by atoms with E-state index in [1.54, 1.807) is 0 Å². The number of hydrogen-bond acceptors (Lipinski definition) is 1. The van der Waals surface area contributed by atoms with Crippen molar-refractivity contribution in [2.45, 2.75) is 0 Å². The van der Waals surface area contributed by atoms with E-state index in [-0.39, 0.29) is 0 Å². The van der Waals surface area contributed by atoms with Crippen LogP contribution in [-0.2, 0) is 0 Å². The second-order valence-electron chi connectivity index (χ2n) is 16.5. The topological polar surface area (TPSA) is 8.17 Å². The SMILES string of the molecule is c1ccc(-c2ccccc2-c2c(-c3ccccc3)cccc2N(c2cccc(-c3ccc4c(c3)c3ccccc3n4-c3ccccc3)c2)c2ccc3c(ccc4ccccc43)c2)cc1. The minimum atomic E-state index is 1.08. The first-order valence-electron chi connectivity index (χ1n) is 22.0. The van der Waals surface area contributed by atoms with E-state index < -0.39 is 0 Å². The number of aromatic nitrogens is 1. The van der Waals surface area contributed by atoms with Crippen molar-refractivity contribution in [2.75, 3.05) is 4.90 Å². The van der Waals surface area contributed by atoms with Crippen LogP contribution >= 0.6 is 0 Å². The van der Waals surface area contributed by atoms with Crippen molar-refractivity contribution < 1.29 is 0 Å². The molecule has 0 radical (unpaired) electrons. The van der Waals surface area contributed by atoms with E-state index in [1.165, 1.54) is 82.3 Å². The second-order valence-corrected chi connectivity index (χ2v) is 16.5. The average molecular weight is 815 g/mol. The first kappa shape index (κ1) is 37.3. The molecule has 0 spiro atoms. The van der Waals surface area contributed by atoms with Crippen LogP contribution in [0.2, 0.25) is 0 Å². The predicted molar refractivity (Wildman–Crippen MR) is 272 cm³/mol. The number of anilines is 3. The Kier molecular flexibility index (Phi) is 9.20. The highest BCUT2D eigenvalue weighted by atomic mass is 15.1. The van der Waals surface area contributed by atoms with Crippen molar-refractivity contribution in [3.8, 4) is 50.2 Å². The molecule has 1 aromatic heterocycles. The summed E-state index contributed by atoms with van der Waals surface area (Å²) < 4.78 is 2.38. The van der Waals surface area contributed by atoms with E-state index >= 15 is 0 Å². The van der Waals surface area contributed by atoms with Gasteiger partial charge in [-0.15, -0.1) is 0 Å². The summed E-state index contributed by atoms with van der Waals surface area (Å²) >= 11 is 0. The Bertz CT molecular complexity index is 3660. The lowest BCUT2D eigenvalue weighted by Gasteiger charge is -2.30. The molecule has 2 nitrogen and oxygen atoms in total. The van der Waals surface area contributed by atoms with E-state index in [9.17, 15) is 0 Å². The average Bonchev–Trinajstić information content (AvgIpc) is 3.71. The van der Waals surface area contributed by atoms with E-state index in [2.05, 4.69) is 264 Å². The number of rotatable bonds is 8. The smallest absolute Gasteiger partial charge is 0.0546 e. The van der Waals surface area contributed by atoms with Crippen LogP contribution in [0, 0.1) is 0 Å². The molecule has 0 saturated carbocycles. The summed E-state index contributed by atoms with van der Waals surface area (Å²) in [7, 11) is 0. The molecule has 300 valence electrons. The maximum absolute atomic E-state index is 2.47. The summed E-state index contributed by atoms with van der Waals surface area (Å²) in [4.78, 5) is 2.47. The summed E-state index contributed by atoms with van der Waals surface area (Å²) in [5.74, 6) is 0. The monoisotopic (exact) mass is 814 g/mol. The van der Waals surface area contributed by atoms with Crippen molar-refractivity contribution in [2.24, 2.45) is 0 Å². The van der Waals surface area contributed by atoms with Gasteiger partial charge in [-0.2, -0.15) is 0 Å². The van der Waals surface area contributed by atoms with Crippen LogP contribution in [0.15, 0.2) is 255 Å². The molecule has 0 bridgehead atoms. The minimum Gasteiger partial charge on any atom is -0.310 e. The van der Waals surface area contributed by atoms with Crippen LogP contribution < -0.4 is 4.90 Å². The van der Waals surface area contributed by atoms with Gasteiger partial charge in [0, 0.05) is 33.4 Å². The maximum Gasteiger partial charge on any atom is 0.0546 e. The normalized spacial score (nSPS) is 11.4. The number of hydrogen-bond donors (Lipinski definition) is 0. The molecule has 1 heterocycles. The molecule has 0 saturated heterocycles. The minimum absolute atomic E-state index is 1.08. The highest BCUT2D eigenvalue weighted by Gasteiger charge is 2.24. The van der Waals surface area contributed by atoms with Gasteiger partial charge in [0.1, 0.15) is 0 Å². The highest BCUT2D eigenvalue weighted by Crippen LogP contribution is 2.49. The standard InChI is InChI=1S/C62H42N2/c1-4-18-43(19-5-1)53-28-12-13-30-57(53)62-55(44-20-6-2-7-21-44)31-17-33-61(62)63(51-37-38-54-48(41-51)35-34-45-22-10-11-27-52(45)54)50-26-16-23-46(40-50)47-36-39-60-58(42-47)56-29-14-15-32-59(56)64(60)49-24-8-3-9-25-49/h1-42H. The van der Waals surface area contributed by atoms with Gasteiger partial charge in [0.2, 0.25) is 0 Å². The zero-order valence-electron chi connectivity index (χ0n) is 35.1. The van der Waals surface area contributed by atoms with Gasteiger partial charge in [-0.3, -0.25) is 0 Å². The zero-order chi connectivity index (χ0) is 42.4. The molecule has 11 aromatic carbocycles. The van der Waals surface area contributed by atoms with Gasteiger partial charge < -0.3 is 9.47 Å². The van der Waals surface area contributed by atoms with Gasteiger partial charge in [0.25, 0.3) is 0 Å². The van der Waals surface area contributed by atoms with Crippen LogP contribution in [0.5, 0.6) is 0 Å². The van der Waals surface area contributed by atoms with Crippen LogP contribution in [0.25, 0.3) is 93.5 Å². The van der Waals surface area contributed by atoms with E-state index in [0.717, 1.165) is 28.3 Å². The van der Waals surface area contributed by atoms with Crippen molar-refractivity contribution in [3.63, 3.8) is 0 Å². The third-order valence-electron chi connectivity index (χ3n) is 12.8. The fraction of sp³-hybridized carbons (Fsp3) is 0. The van der Waals surface area contributed by atoms with Gasteiger partial charge in [0.15, 0.2) is 0 Å². The summed E-state index contributed by atoms with van der Waals surface area (Å²) in [5, 5.41) is 7.41. The second kappa shape index (κ2) is 15.8. The van der Waals surface area contributed by atoms with Crippen LogP contribution in [0.3, 0.4) is 0 Å². The fourth-order valence-corrected chi connectivity index (χ4v) is 9.84. The maximum atomic E-state index is 2.47. The molecular formula is C62H42N2. The Morgan fingerprint density at radius 3 is 1.66 bits per heavy atom. The Hall–Kier alpha value is -8.46. The van der Waals surface area contributed by atoms with E-state index in [1.807, 2.05) is 0 Å². The van der Waals surface area contributed by atoms with Gasteiger partial charge in [0.05, 0.1) is 16.7 Å². The fourth-order valence-electron chi connectivity index (χ4n) is 9.84. The lowest BCUT2D eigenvalue weighted by molar-refractivity contribution is 1.18. The van der Waals surface area contributed by atoms with Crippen molar-refractivity contribution in [1.29, 1.82) is 0 Å². The van der Waals surface area contributed by atoms with Gasteiger partial charge in [-0.25, -0.2) is 0 Å². The highest BCUT2D eigenvalue weighted by molar-refractivity contribution is 6.11. The molecule has 0 amide bonds. The van der Waals surface area contributed by atoms with Crippen LogP contribution in [0.1, 0.15) is 0 Å². The molecule has 0 aliphatic heterocycles. The van der Waals surface area contributed by atoms with Crippen molar-refractivity contribution >= 4 is 60.4 Å². The molecule has 0 atom stereocenters. The van der Waals surface area contributed by atoms with Crippen molar-refractivity contribution in [3.05, 3.63) is 255 Å². The summed E-state index contributed by atoms with van der Waals surface area (Å²) in [6.07, 6.45) is 0. The van der Waals surface area contributed by atoms with Crippen molar-refractivity contribution in [1.82, 2.24) is 4.57 Å². The first-order valence-corrected chi connectivity index (χ1v) is 22.0. The number of nitrogens with zero attached hydrogens (tertiary/aromatic N) is 2. The Balaban J connectivity index is 1.10. The lowest BCUT2D eigenvalue weighted by atomic mass is 9.87. The number of fused-ring (bicyclic) bond motifs is 6. The number of benzene rings is 11. The van der Waals surface area contributed by atoms with E-state index in [0.29, 0.717) is 0 Å². The zero-order valence-corrected chi connectivity index (χ0v) is 35.1. The van der Waals surface area contributed by atoms with Gasteiger partial charge in [-0.1, -0.05) is 194 Å². The van der Waals surface area contributed by atoms with Crippen LogP contribution in [-0.4, -0.2) is 4.57 Å². The summed E-state index contributed by atoms with van der Waals surface area (Å²) in [6.45, 7) is 0. The summed E-state index contributed by atoms with van der Waals surface area (Å²) in [6, 6.07) is 92.9. The molecule has 12 rings (SSSR count). The Labute approximate surface area is 373 Å². The number of para-hydroxylation sites is 2. The van der Waals surface area contributed by atoms with Gasteiger partial charge >= 0.3 is 0 Å². The van der Waals surface area contributed by atoms with E-state index in [4.69, 9.17) is 0 Å². The molecule has 0 aliphatic rings. The molecule has 64 heavy (non-hydrogen) atoms. The van der Waals surface area contributed by atoms with Gasteiger partial charge in [-0.05, 0) is 121 Å². The largest absolute Gasteiger partial charge is 0.310 e. The Morgan fingerprint density at radius 2 is 0.844 bits per heavy atom. The third kappa shape index (κ3) is 6.44.